The van der Waals surface area contributed by atoms with E-state index < -0.39 is 12.1 Å². The van der Waals surface area contributed by atoms with Gasteiger partial charge in [-0.2, -0.15) is 0 Å². The first kappa shape index (κ1) is 33.0. The van der Waals surface area contributed by atoms with E-state index in [-0.39, 0.29) is 29.8 Å². The van der Waals surface area contributed by atoms with Crippen LogP contribution in [0, 0.1) is 11.8 Å². The summed E-state index contributed by atoms with van der Waals surface area (Å²) >= 11 is 3.40. The molecule has 13 heteroatoms. The number of rotatable bonds is 10. The van der Waals surface area contributed by atoms with E-state index in [1.54, 1.807) is 22.7 Å². The standard InChI is InChI=1S/C34H43N7O4S2/c1-19(2)16-29(42)40-14-6-8-23(40)31-35-17-21(37-31)25-10-12-27(46-25)28-13-11-26(47-28)22-18-36-32(38-22)24-9-7-15-41(24)33(43)30(20(3)4)39-34(44)45-5/h10-13,17-20,23-24,30H,6-9,14-16H2,1-5H3,(H,35,37)(H,36,38)(H,39,44)/t23-,24-,30-/m0/s1. The van der Waals surface area contributed by atoms with Crippen molar-refractivity contribution in [1.29, 1.82) is 0 Å². The van der Waals surface area contributed by atoms with Crippen LogP contribution in [-0.2, 0) is 14.3 Å². The summed E-state index contributed by atoms with van der Waals surface area (Å²) in [6, 6.07) is 7.64. The number of thiophene rings is 2. The van der Waals surface area contributed by atoms with Crippen LogP contribution in [-0.4, -0.2) is 73.9 Å². The largest absolute Gasteiger partial charge is 0.453 e. The van der Waals surface area contributed by atoms with Gasteiger partial charge >= 0.3 is 6.09 Å². The number of H-pyrrole nitrogens is 2. The first-order valence-corrected chi connectivity index (χ1v) is 18.0. The number of hydrogen-bond donors (Lipinski definition) is 3. The van der Waals surface area contributed by atoms with Crippen LogP contribution in [0.15, 0.2) is 36.7 Å². The highest BCUT2D eigenvalue weighted by Crippen LogP contribution is 2.41. The quantitative estimate of drug-likeness (QED) is 0.165. The molecule has 3 amide bonds. The molecule has 0 aromatic carbocycles. The van der Waals surface area contributed by atoms with Gasteiger partial charge in [0.2, 0.25) is 11.8 Å². The Balaban J connectivity index is 1.14. The normalized spacial score (nSPS) is 18.8. The Bertz CT molecular complexity index is 1720. The van der Waals surface area contributed by atoms with Gasteiger partial charge in [-0.15, -0.1) is 22.7 Å². The number of likely N-dealkylation sites (tertiary alicyclic amines) is 2. The fraction of sp³-hybridized carbons (Fsp3) is 0.500. The molecule has 0 aliphatic carbocycles. The van der Waals surface area contributed by atoms with Crippen molar-refractivity contribution in [2.75, 3.05) is 20.2 Å². The summed E-state index contributed by atoms with van der Waals surface area (Å²) < 4.78 is 4.75. The molecule has 11 nitrogen and oxygen atoms in total. The Morgan fingerprint density at radius 1 is 0.851 bits per heavy atom. The fourth-order valence-corrected chi connectivity index (χ4v) is 8.53. The molecular weight excluding hydrogens is 635 g/mol. The van der Waals surface area contributed by atoms with Gasteiger partial charge in [0.15, 0.2) is 0 Å². The van der Waals surface area contributed by atoms with E-state index in [0.29, 0.717) is 18.9 Å². The highest BCUT2D eigenvalue weighted by molar-refractivity contribution is 7.25. The molecule has 0 saturated carbocycles. The van der Waals surface area contributed by atoms with Crippen molar-refractivity contribution in [3.8, 4) is 30.9 Å². The van der Waals surface area contributed by atoms with Gasteiger partial charge in [-0.25, -0.2) is 14.8 Å². The third kappa shape index (κ3) is 7.01. The Morgan fingerprint density at radius 2 is 1.36 bits per heavy atom. The number of amides is 3. The zero-order valence-corrected chi connectivity index (χ0v) is 29.2. The maximum atomic E-state index is 13.5. The second-order valence-electron chi connectivity index (χ2n) is 13.1. The summed E-state index contributed by atoms with van der Waals surface area (Å²) in [5.74, 6) is 1.95. The van der Waals surface area contributed by atoms with E-state index >= 15 is 0 Å². The van der Waals surface area contributed by atoms with E-state index in [1.165, 1.54) is 7.11 Å². The van der Waals surface area contributed by atoms with Crippen molar-refractivity contribution in [1.82, 2.24) is 35.1 Å². The van der Waals surface area contributed by atoms with E-state index in [2.05, 4.69) is 53.4 Å². The van der Waals surface area contributed by atoms with Gasteiger partial charge in [-0.3, -0.25) is 9.59 Å². The number of aromatic nitrogens is 4. The molecule has 2 saturated heterocycles. The number of carbonyl (C=O) groups excluding carboxylic acids is 3. The molecule has 6 rings (SSSR count). The first-order chi connectivity index (χ1) is 22.6. The van der Waals surface area contributed by atoms with E-state index in [9.17, 15) is 14.4 Å². The van der Waals surface area contributed by atoms with Crippen LogP contribution in [0.2, 0.25) is 0 Å². The number of hydrogen-bond acceptors (Lipinski definition) is 8. The van der Waals surface area contributed by atoms with Gasteiger partial charge in [-0.05, 0) is 61.8 Å². The van der Waals surface area contributed by atoms with Gasteiger partial charge in [-0.1, -0.05) is 27.7 Å². The van der Waals surface area contributed by atoms with Crippen LogP contribution < -0.4 is 5.32 Å². The van der Waals surface area contributed by atoms with Crippen LogP contribution in [0.1, 0.15) is 83.5 Å². The van der Waals surface area contributed by atoms with E-state index in [1.807, 2.05) is 36.0 Å². The summed E-state index contributed by atoms with van der Waals surface area (Å²) in [5.41, 5.74) is 1.87. The SMILES string of the molecule is COC(=O)N[C@H](C(=O)N1CCC[C@H]1c1ncc(-c2ccc(-c3ccc(-c4cnc([C@@H]5CCCN5C(=O)CC(C)C)[nH]4)s3)s2)[nH]1)C(C)C. The number of nitrogens with one attached hydrogen (secondary N) is 3. The first-order valence-electron chi connectivity index (χ1n) is 16.4. The number of methoxy groups -OCH3 is 1. The Morgan fingerprint density at radius 3 is 1.87 bits per heavy atom. The minimum absolute atomic E-state index is 0.0103. The predicted molar refractivity (Wildman–Crippen MR) is 184 cm³/mol. The van der Waals surface area contributed by atoms with Crippen LogP contribution in [0.25, 0.3) is 30.9 Å². The lowest BCUT2D eigenvalue weighted by Crippen LogP contribution is -2.51. The van der Waals surface area contributed by atoms with Crippen molar-refractivity contribution >= 4 is 40.6 Å². The molecule has 4 aromatic heterocycles. The van der Waals surface area contributed by atoms with Crippen molar-refractivity contribution < 1.29 is 19.1 Å². The van der Waals surface area contributed by atoms with Gasteiger partial charge in [0.1, 0.15) is 17.7 Å². The molecule has 2 aliphatic rings. The molecule has 2 aliphatic heterocycles. The zero-order valence-electron chi connectivity index (χ0n) is 27.5. The molecule has 6 heterocycles. The number of ether oxygens (including phenoxy) is 1. The number of alkyl carbamates (subject to hydrolysis) is 1. The lowest BCUT2D eigenvalue weighted by Gasteiger charge is -2.30. The highest BCUT2D eigenvalue weighted by atomic mass is 32.1. The van der Waals surface area contributed by atoms with Crippen molar-refractivity contribution in [2.24, 2.45) is 11.8 Å². The van der Waals surface area contributed by atoms with Crippen LogP contribution in [0.4, 0.5) is 4.79 Å². The smallest absolute Gasteiger partial charge is 0.407 e. The summed E-state index contributed by atoms with van der Waals surface area (Å²) in [7, 11) is 1.30. The molecule has 0 radical (unpaired) electrons. The maximum absolute atomic E-state index is 13.5. The predicted octanol–water partition coefficient (Wildman–Crippen LogP) is 7.01. The molecule has 4 aromatic rings. The van der Waals surface area contributed by atoms with Crippen molar-refractivity contribution in [2.45, 2.75) is 77.9 Å². The monoisotopic (exact) mass is 677 g/mol. The van der Waals surface area contributed by atoms with Crippen molar-refractivity contribution in [3.05, 3.63) is 48.3 Å². The molecule has 250 valence electrons. The Kier molecular flexibility index (Phi) is 9.83. The van der Waals surface area contributed by atoms with Crippen LogP contribution in [0.5, 0.6) is 0 Å². The molecule has 47 heavy (non-hydrogen) atoms. The molecule has 2 fully saturated rings. The summed E-state index contributed by atoms with van der Waals surface area (Å²) in [6.07, 6.45) is 7.27. The van der Waals surface area contributed by atoms with E-state index in [0.717, 1.165) is 74.8 Å². The van der Waals surface area contributed by atoms with Gasteiger partial charge in [0.25, 0.3) is 0 Å². The minimum Gasteiger partial charge on any atom is -0.453 e. The second kappa shape index (κ2) is 14.0. The molecule has 0 bridgehead atoms. The van der Waals surface area contributed by atoms with Crippen LogP contribution >= 0.6 is 22.7 Å². The second-order valence-corrected chi connectivity index (χ2v) is 15.2. The van der Waals surface area contributed by atoms with Gasteiger partial charge < -0.3 is 29.8 Å². The number of imidazole rings is 2. The molecular formula is C34H43N7O4S2. The number of carbonyl (C=O) groups is 3. The van der Waals surface area contributed by atoms with E-state index in [4.69, 9.17) is 14.7 Å². The zero-order chi connectivity index (χ0) is 33.2. The molecule has 0 unspecified atom stereocenters. The lowest BCUT2D eigenvalue weighted by atomic mass is 10.0. The van der Waals surface area contributed by atoms with Crippen LogP contribution in [0.3, 0.4) is 0 Å². The third-order valence-corrected chi connectivity index (χ3v) is 11.3. The average Bonchev–Trinajstić information content (AvgIpc) is 3.88. The topological polar surface area (TPSA) is 136 Å². The third-order valence-electron chi connectivity index (χ3n) is 8.89. The number of nitrogens with zero attached hydrogens (tertiary/aromatic N) is 4. The fourth-order valence-electron chi connectivity index (χ4n) is 6.50. The maximum Gasteiger partial charge on any atom is 0.407 e. The summed E-state index contributed by atoms with van der Waals surface area (Å²) in [4.78, 5) is 62.9. The van der Waals surface area contributed by atoms with Crippen molar-refractivity contribution in [3.63, 3.8) is 0 Å². The highest BCUT2D eigenvalue weighted by Gasteiger charge is 2.37. The Labute approximate surface area is 283 Å². The lowest BCUT2D eigenvalue weighted by molar-refractivity contribution is -0.135. The molecule has 3 atom stereocenters. The average molecular weight is 678 g/mol. The minimum atomic E-state index is -0.669. The summed E-state index contributed by atoms with van der Waals surface area (Å²) in [5, 5.41) is 2.70. The van der Waals surface area contributed by atoms with Gasteiger partial charge in [0, 0.05) is 29.3 Å². The Hall–Kier alpha value is -3.97. The summed E-state index contributed by atoms with van der Waals surface area (Å²) in [6.45, 7) is 9.38. The number of aromatic amines is 2. The molecule has 0 spiro atoms. The van der Waals surface area contributed by atoms with Gasteiger partial charge in [0.05, 0.1) is 52.7 Å². The molecule has 3 N–H and O–H groups in total.